The fourth-order valence-electron chi connectivity index (χ4n) is 2.64. The van der Waals surface area contributed by atoms with E-state index < -0.39 is 17.8 Å². The number of benzene rings is 1. The van der Waals surface area contributed by atoms with E-state index >= 15 is 0 Å². The first kappa shape index (κ1) is 18.4. The van der Waals surface area contributed by atoms with Crippen LogP contribution in [0.3, 0.4) is 0 Å². The molecule has 1 aromatic rings. The second-order valence-corrected chi connectivity index (χ2v) is 6.03. The largest absolute Gasteiger partial charge is 0.396 e. The van der Waals surface area contributed by atoms with Crippen LogP contribution in [0, 0.1) is 5.82 Å². The van der Waals surface area contributed by atoms with Gasteiger partial charge in [-0.05, 0) is 44.2 Å². The van der Waals surface area contributed by atoms with Crippen LogP contribution in [0.1, 0.15) is 23.2 Å². The van der Waals surface area contributed by atoms with Crippen LogP contribution in [0.4, 0.5) is 4.39 Å². The molecule has 7 heteroatoms. The topological polar surface area (TPSA) is 72.9 Å². The Kier molecular flexibility index (Phi) is 6.69. The molecule has 2 rings (SSSR count). The normalized spacial score (nSPS) is 16.7. The zero-order chi connectivity index (χ0) is 17.5. The maximum atomic E-state index is 13.0. The molecule has 2 N–H and O–H groups in total. The summed E-state index contributed by atoms with van der Waals surface area (Å²) in [7, 11) is 2.00. The average molecular weight is 337 g/mol. The zero-order valence-corrected chi connectivity index (χ0v) is 13.9. The van der Waals surface area contributed by atoms with Gasteiger partial charge < -0.3 is 20.2 Å². The average Bonchev–Trinajstić information content (AvgIpc) is 2.59. The first-order chi connectivity index (χ1) is 11.5. The van der Waals surface area contributed by atoms with Crippen LogP contribution in [-0.2, 0) is 4.79 Å². The predicted molar refractivity (Wildman–Crippen MR) is 88.1 cm³/mol. The van der Waals surface area contributed by atoms with Crippen molar-refractivity contribution >= 4 is 11.8 Å². The maximum absolute atomic E-state index is 13.0. The third-order valence-electron chi connectivity index (χ3n) is 4.18. The van der Waals surface area contributed by atoms with Crippen LogP contribution >= 0.6 is 0 Å². The number of aliphatic hydroxyl groups excluding tert-OH is 1. The van der Waals surface area contributed by atoms with Crippen molar-refractivity contribution in [2.75, 3.05) is 39.8 Å². The van der Waals surface area contributed by atoms with Crippen molar-refractivity contribution < 1.29 is 19.1 Å². The highest BCUT2D eigenvalue weighted by atomic mass is 19.1. The van der Waals surface area contributed by atoms with Crippen molar-refractivity contribution in [3.05, 3.63) is 35.6 Å². The Morgan fingerprint density at radius 2 is 1.83 bits per heavy atom. The third-order valence-corrected chi connectivity index (χ3v) is 4.18. The molecule has 0 bridgehead atoms. The number of nitrogens with zero attached hydrogens (tertiary/aromatic N) is 2. The van der Waals surface area contributed by atoms with Crippen molar-refractivity contribution in [1.82, 2.24) is 15.1 Å². The lowest BCUT2D eigenvalue weighted by Crippen LogP contribution is -2.54. The summed E-state index contributed by atoms with van der Waals surface area (Å²) < 4.78 is 13.0. The number of hydrogen-bond acceptors (Lipinski definition) is 4. The van der Waals surface area contributed by atoms with Gasteiger partial charge in [-0.2, -0.15) is 0 Å². The Bertz CT molecular complexity index is 557. The minimum Gasteiger partial charge on any atom is -0.396 e. The molecule has 0 radical (unpaired) electrons. The molecule has 0 unspecified atom stereocenters. The van der Waals surface area contributed by atoms with E-state index in [1.54, 1.807) is 4.90 Å². The summed E-state index contributed by atoms with van der Waals surface area (Å²) >= 11 is 0. The second kappa shape index (κ2) is 8.75. The van der Waals surface area contributed by atoms with Gasteiger partial charge in [-0.3, -0.25) is 9.59 Å². The SMILES string of the molecule is CN1CCN(C(=O)[C@H](CCCO)NC(=O)c2ccc(F)cc2)CC1. The van der Waals surface area contributed by atoms with Crippen LogP contribution in [0.15, 0.2) is 24.3 Å². The van der Waals surface area contributed by atoms with Gasteiger partial charge in [0, 0.05) is 38.3 Å². The van der Waals surface area contributed by atoms with E-state index in [4.69, 9.17) is 5.11 Å². The first-order valence-electron chi connectivity index (χ1n) is 8.16. The van der Waals surface area contributed by atoms with Crippen molar-refractivity contribution in [2.24, 2.45) is 0 Å². The molecule has 0 saturated carbocycles. The Hall–Kier alpha value is -1.99. The van der Waals surface area contributed by atoms with Gasteiger partial charge in [0.2, 0.25) is 5.91 Å². The highest BCUT2D eigenvalue weighted by molar-refractivity contribution is 5.97. The molecule has 1 aliphatic rings. The van der Waals surface area contributed by atoms with E-state index in [9.17, 15) is 14.0 Å². The molecule has 6 nitrogen and oxygen atoms in total. The van der Waals surface area contributed by atoms with Crippen molar-refractivity contribution in [3.8, 4) is 0 Å². The summed E-state index contributed by atoms with van der Waals surface area (Å²) in [6, 6.07) is 4.50. The lowest BCUT2D eigenvalue weighted by Gasteiger charge is -2.34. The summed E-state index contributed by atoms with van der Waals surface area (Å²) in [6.07, 6.45) is 0.794. The highest BCUT2D eigenvalue weighted by Gasteiger charge is 2.27. The molecule has 1 fully saturated rings. The Balaban J connectivity index is 2.02. The summed E-state index contributed by atoms with van der Waals surface area (Å²) in [6.45, 7) is 2.79. The summed E-state index contributed by atoms with van der Waals surface area (Å²) in [5.74, 6) is -0.968. The van der Waals surface area contributed by atoms with Crippen LogP contribution in [0.25, 0.3) is 0 Å². The van der Waals surface area contributed by atoms with E-state index in [1.807, 2.05) is 7.05 Å². The van der Waals surface area contributed by atoms with Crippen LogP contribution in [-0.4, -0.2) is 72.6 Å². The number of halogens is 1. The Labute approximate surface area is 141 Å². The minimum absolute atomic E-state index is 0.0427. The summed E-state index contributed by atoms with van der Waals surface area (Å²) in [5.41, 5.74) is 0.302. The monoisotopic (exact) mass is 337 g/mol. The minimum atomic E-state index is -0.682. The Morgan fingerprint density at radius 3 is 2.42 bits per heavy atom. The molecule has 1 atom stereocenters. The van der Waals surface area contributed by atoms with Gasteiger partial charge in [0.1, 0.15) is 11.9 Å². The fourth-order valence-corrected chi connectivity index (χ4v) is 2.64. The molecular formula is C17H24FN3O3. The van der Waals surface area contributed by atoms with Crippen molar-refractivity contribution in [1.29, 1.82) is 0 Å². The number of nitrogens with one attached hydrogen (secondary N) is 1. The molecule has 0 spiro atoms. The summed E-state index contributed by atoms with van der Waals surface area (Å²) in [4.78, 5) is 28.9. The van der Waals surface area contributed by atoms with Crippen LogP contribution < -0.4 is 5.32 Å². The van der Waals surface area contributed by atoms with Gasteiger partial charge in [0.05, 0.1) is 0 Å². The van der Waals surface area contributed by atoms with Crippen molar-refractivity contribution in [3.63, 3.8) is 0 Å². The molecule has 1 heterocycles. The van der Waals surface area contributed by atoms with Gasteiger partial charge in [0.25, 0.3) is 5.91 Å². The highest BCUT2D eigenvalue weighted by Crippen LogP contribution is 2.09. The molecule has 24 heavy (non-hydrogen) atoms. The molecule has 1 aromatic carbocycles. The van der Waals surface area contributed by atoms with E-state index in [2.05, 4.69) is 10.2 Å². The molecular weight excluding hydrogens is 313 g/mol. The Morgan fingerprint density at radius 1 is 1.21 bits per heavy atom. The lowest BCUT2D eigenvalue weighted by atomic mass is 10.1. The number of rotatable bonds is 6. The molecule has 0 aliphatic carbocycles. The molecule has 2 amide bonds. The van der Waals surface area contributed by atoms with Gasteiger partial charge >= 0.3 is 0 Å². The van der Waals surface area contributed by atoms with E-state index in [0.717, 1.165) is 13.1 Å². The predicted octanol–water partition coefficient (Wildman–Crippen LogP) is 0.471. The maximum Gasteiger partial charge on any atom is 0.251 e. The zero-order valence-electron chi connectivity index (χ0n) is 13.9. The van der Waals surface area contributed by atoms with Gasteiger partial charge in [0.15, 0.2) is 0 Å². The van der Waals surface area contributed by atoms with E-state index in [-0.39, 0.29) is 12.5 Å². The fraction of sp³-hybridized carbons (Fsp3) is 0.529. The molecule has 1 saturated heterocycles. The second-order valence-electron chi connectivity index (χ2n) is 6.03. The van der Waals surface area contributed by atoms with Gasteiger partial charge in [-0.25, -0.2) is 4.39 Å². The van der Waals surface area contributed by atoms with Crippen LogP contribution in [0.2, 0.25) is 0 Å². The van der Waals surface area contributed by atoms with Crippen molar-refractivity contribution in [2.45, 2.75) is 18.9 Å². The third kappa shape index (κ3) is 5.01. The number of carbonyl (C=O) groups excluding carboxylic acids is 2. The molecule has 132 valence electrons. The van der Waals surface area contributed by atoms with Gasteiger partial charge in [-0.1, -0.05) is 0 Å². The number of piperazine rings is 1. The van der Waals surface area contributed by atoms with Crippen LogP contribution in [0.5, 0.6) is 0 Å². The van der Waals surface area contributed by atoms with E-state index in [1.165, 1.54) is 24.3 Å². The van der Waals surface area contributed by atoms with Gasteiger partial charge in [-0.15, -0.1) is 0 Å². The number of aliphatic hydroxyl groups is 1. The number of carbonyl (C=O) groups is 2. The summed E-state index contributed by atoms with van der Waals surface area (Å²) in [5, 5.41) is 11.8. The first-order valence-corrected chi connectivity index (χ1v) is 8.16. The smallest absolute Gasteiger partial charge is 0.251 e. The number of hydrogen-bond donors (Lipinski definition) is 2. The lowest BCUT2D eigenvalue weighted by molar-refractivity contribution is -0.135. The molecule has 0 aromatic heterocycles. The molecule has 1 aliphatic heterocycles. The quantitative estimate of drug-likeness (QED) is 0.792. The van der Waals surface area contributed by atoms with E-state index in [0.29, 0.717) is 31.5 Å². The number of likely N-dealkylation sites (N-methyl/N-ethyl adjacent to an activating group) is 1. The number of amides is 2. The standard InChI is InChI=1S/C17H24FN3O3/c1-20-8-10-21(11-9-20)17(24)15(3-2-12-22)19-16(23)13-4-6-14(18)7-5-13/h4-7,15,22H,2-3,8-12H2,1H3,(H,19,23)/t15-/m0/s1.